The molecule has 22 heavy (non-hydrogen) atoms. The summed E-state index contributed by atoms with van der Waals surface area (Å²) in [4.78, 5) is 13.4. The maximum atomic E-state index is 11.9. The molecule has 1 saturated heterocycles. The van der Waals surface area contributed by atoms with E-state index in [4.69, 9.17) is 4.74 Å². The first-order valence-corrected chi connectivity index (χ1v) is 7.30. The average Bonchev–Trinajstić information content (AvgIpc) is 2.41. The Kier molecular flexibility index (Phi) is 6.74. The summed E-state index contributed by atoms with van der Waals surface area (Å²) in [6.45, 7) is 10.0. The van der Waals surface area contributed by atoms with Crippen molar-refractivity contribution < 1.29 is 18.3 Å². The van der Waals surface area contributed by atoms with Crippen molar-refractivity contribution in [2.45, 2.75) is 39.3 Å². The zero-order valence-corrected chi connectivity index (χ0v) is 13.5. The number of carbonyl (C=O) groups is 1. The monoisotopic (exact) mass is 314 g/mol. The second kappa shape index (κ2) is 8.08. The molecule has 1 atom stereocenters. The number of benzene rings is 1. The normalized spacial score (nSPS) is 18.3. The molecule has 1 fully saturated rings. The summed E-state index contributed by atoms with van der Waals surface area (Å²) < 4.78 is 29.2. The third-order valence-electron chi connectivity index (χ3n) is 2.84. The first kappa shape index (κ1) is 18.4. The van der Waals surface area contributed by atoms with E-state index in [1.165, 1.54) is 12.1 Å². The van der Waals surface area contributed by atoms with Crippen LogP contribution in [0.5, 0.6) is 0 Å². The molecule has 6 heteroatoms. The molecule has 2 rings (SSSR count). The van der Waals surface area contributed by atoms with Gasteiger partial charge in [-0.15, -0.1) is 0 Å². The lowest BCUT2D eigenvalue weighted by Gasteiger charge is -2.33. The van der Waals surface area contributed by atoms with Crippen LogP contribution in [0.4, 0.5) is 13.6 Å². The van der Waals surface area contributed by atoms with Crippen LogP contribution in [-0.2, 0) is 4.74 Å². The van der Waals surface area contributed by atoms with E-state index in [0.717, 1.165) is 31.8 Å². The molecule has 0 saturated carbocycles. The van der Waals surface area contributed by atoms with Crippen LogP contribution < -0.4 is 5.32 Å². The summed E-state index contributed by atoms with van der Waals surface area (Å²) >= 11 is 0. The topological polar surface area (TPSA) is 41.6 Å². The van der Waals surface area contributed by atoms with Gasteiger partial charge in [-0.3, -0.25) is 0 Å². The second-order valence-electron chi connectivity index (χ2n) is 6.20. The van der Waals surface area contributed by atoms with Gasteiger partial charge >= 0.3 is 6.09 Å². The van der Waals surface area contributed by atoms with Gasteiger partial charge in [0.25, 0.3) is 0 Å². The van der Waals surface area contributed by atoms with E-state index in [1.807, 2.05) is 20.8 Å². The molecule has 124 valence electrons. The molecule has 1 aliphatic rings. The molecule has 1 aliphatic heterocycles. The van der Waals surface area contributed by atoms with Gasteiger partial charge in [0, 0.05) is 25.7 Å². The molecule has 0 bridgehead atoms. The minimum atomic E-state index is -0.799. The molecule has 1 heterocycles. The third kappa shape index (κ3) is 6.85. The lowest BCUT2D eigenvalue weighted by atomic mass is 10.2. The van der Waals surface area contributed by atoms with E-state index in [0.29, 0.717) is 6.04 Å². The van der Waals surface area contributed by atoms with Crippen molar-refractivity contribution in [2.75, 3.05) is 19.6 Å². The van der Waals surface area contributed by atoms with Gasteiger partial charge in [0.1, 0.15) is 5.60 Å². The fourth-order valence-electron chi connectivity index (χ4n) is 1.86. The Morgan fingerprint density at radius 2 is 1.82 bits per heavy atom. The molecule has 0 aliphatic carbocycles. The van der Waals surface area contributed by atoms with Crippen molar-refractivity contribution >= 4 is 6.09 Å². The minimum absolute atomic E-state index is 0.203. The van der Waals surface area contributed by atoms with Crippen molar-refractivity contribution in [3.8, 4) is 0 Å². The van der Waals surface area contributed by atoms with Crippen LogP contribution in [-0.4, -0.2) is 42.3 Å². The first-order valence-electron chi connectivity index (χ1n) is 7.30. The van der Waals surface area contributed by atoms with Crippen molar-refractivity contribution in [3.05, 3.63) is 35.9 Å². The molecule has 0 aromatic heterocycles. The molecule has 0 spiro atoms. The Morgan fingerprint density at radius 1 is 1.27 bits per heavy atom. The van der Waals surface area contributed by atoms with Crippen molar-refractivity contribution in [3.63, 3.8) is 0 Å². The van der Waals surface area contributed by atoms with Crippen LogP contribution in [0.3, 0.4) is 0 Å². The molecule has 1 unspecified atom stereocenters. The average molecular weight is 314 g/mol. The number of nitrogens with zero attached hydrogens (tertiary/aromatic N) is 1. The fraction of sp³-hybridized carbons (Fsp3) is 0.562. The Labute approximate surface area is 130 Å². The molecule has 4 nitrogen and oxygen atoms in total. The highest BCUT2D eigenvalue weighted by Gasteiger charge is 2.25. The predicted molar refractivity (Wildman–Crippen MR) is 81.6 cm³/mol. The SMILES string of the molecule is CC1CN(C(=O)OC(C)(C)C)CCN1.Fc1ccccc1F. The lowest BCUT2D eigenvalue weighted by Crippen LogP contribution is -2.52. The van der Waals surface area contributed by atoms with Crippen LogP contribution in [0.2, 0.25) is 0 Å². The van der Waals surface area contributed by atoms with E-state index in [1.54, 1.807) is 4.90 Å². The van der Waals surface area contributed by atoms with Crippen LogP contribution in [0.1, 0.15) is 27.7 Å². The highest BCUT2D eigenvalue weighted by molar-refractivity contribution is 5.68. The number of rotatable bonds is 0. The molecule has 1 aromatic rings. The largest absolute Gasteiger partial charge is 0.444 e. The van der Waals surface area contributed by atoms with E-state index in [-0.39, 0.29) is 6.09 Å². The van der Waals surface area contributed by atoms with Crippen LogP contribution >= 0.6 is 0 Å². The first-order chi connectivity index (χ1) is 10.2. The number of hydrogen-bond acceptors (Lipinski definition) is 3. The lowest BCUT2D eigenvalue weighted by molar-refractivity contribution is 0.0201. The molecule has 1 aromatic carbocycles. The maximum absolute atomic E-state index is 11.9. The Balaban J connectivity index is 0.000000255. The number of nitrogens with one attached hydrogen (secondary N) is 1. The quantitative estimate of drug-likeness (QED) is 0.799. The number of carbonyl (C=O) groups excluding carboxylic acids is 1. The third-order valence-corrected chi connectivity index (χ3v) is 2.84. The maximum Gasteiger partial charge on any atom is 0.410 e. The second-order valence-corrected chi connectivity index (χ2v) is 6.20. The van der Waals surface area contributed by atoms with E-state index in [9.17, 15) is 13.6 Å². The van der Waals surface area contributed by atoms with Gasteiger partial charge < -0.3 is 15.0 Å². The van der Waals surface area contributed by atoms with Gasteiger partial charge in [-0.05, 0) is 39.8 Å². The molecular weight excluding hydrogens is 290 g/mol. The summed E-state index contributed by atoms with van der Waals surface area (Å²) in [5.74, 6) is -1.60. The summed E-state index contributed by atoms with van der Waals surface area (Å²) in [5, 5.41) is 3.28. The highest BCUT2D eigenvalue weighted by Crippen LogP contribution is 2.11. The van der Waals surface area contributed by atoms with E-state index < -0.39 is 17.2 Å². The molecule has 1 amide bonds. The van der Waals surface area contributed by atoms with Gasteiger partial charge in [0.05, 0.1) is 0 Å². The van der Waals surface area contributed by atoms with Crippen molar-refractivity contribution in [1.29, 1.82) is 0 Å². The van der Waals surface area contributed by atoms with Gasteiger partial charge in [0.2, 0.25) is 0 Å². The van der Waals surface area contributed by atoms with Crippen molar-refractivity contribution in [2.24, 2.45) is 0 Å². The molecule has 1 N–H and O–H groups in total. The van der Waals surface area contributed by atoms with Gasteiger partial charge in [-0.2, -0.15) is 0 Å². The summed E-state index contributed by atoms with van der Waals surface area (Å²) in [5.41, 5.74) is -0.398. The predicted octanol–water partition coefficient (Wildman–Crippen LogP) is 3.18. The number of piperazine rings is 1. The fourth-order valence-corrected chi connectivity index (χ4v) is 1.86. The Hall–Kier alpha value is -1.69. The number of amides is 1. The van der Waals surface area contributed by atoms with Gasteiger partial charge in [-0.1, -0.05) is 12.1 Å². The molecule has 0 radical (unpaired) electrons. The summed E-state index contributed by atoms with van der Waals surface area (Å²) in [7, 11) is 0. The number of hydrogen-bond donors (Lipinski definition) is 1. The standard InChI is InChI=1S/C10H20N2O2.C6H4F2/c1-8-7-12(6-5-11-8)9(13)14-10(2,3)4;7-5-3-1-2-4-6(5)8/h8,11H,5-7H2,1-4H3;1-4H. The minimum Gasteiger partial charge on any atom is -0.444 e. The smallest absolute Gasteiger partial charge is 0.410 e. The summed E-state index contributed by atoms with van der Waals surface area (Å²) in [6, 6.07) is 5.40. The number of ether oxygens (including phenoxy) is 1. The van der Waals surface area contributed by atoms with Crippen LogP contribution in [0.25, 0.3) is 0 Å². The van der Waals surface area contributed by atoms with Crippen molar-refractivity contribution in [1.82, 2.24) is 10.2 Å². The number of halogens is 2. The van der Waals surface area contributed by atoms with Gasteiger partial charge in [0.15, 0.2) is 11.6 Å². The Morgan fingerprint density at radius 3 is 2.23 bits per heavy atom. The highest BCUT2D eigenvalue weighted by atomic mass is 19.2. The van der Waals surface area contributed by atoms with E-state index >= 15 is 0 Å². The van der Waals surface area contributed by atoms with Crippen LogP contribution in [0, 0.1) is 11.6 Å². The Bertz CT molecular complexity index is 468. The zero-order chi connectivity index (χ0) is 16.8. The zero-order valence-electron chi connectivity index (χ0n) is 13.5. The van der Waals surface area contributed by atoms with Crippen LogP contribution in [0.15, 0.2) is 24.3 Å². The van der Waals surface area contributed by atoms with Gasteiger partial charge in [-0.25, -0.2) is 13.6 Å². The summed E-state index contributed by atoms with van der Waals surface area (Å²) in [6.07, 6.45) is -0.203. The van der Waals surface area contributed by atoms with E-state index in [2.05, 4.69) is 12.2 Å². The molecular formula is C16H24F2N2O2.